The SMILES string of the molecule is CCCCCCCCCCCCC(CCCC(C)(C)C(C(C)=O)C(C)(C)C(=O)O)C(C(=O)O)(C1CC(C)(C)NC(C)(C)C1)C1CC(C)(C)NC(C)(C)C1. The van der Waals surface area contributed by atoms with Crippen molar-refractivity contribution in [1.82, 2.24) is 10.6 Å². The first-order valence-corrected chi connectivity index (χ1v) is 21.7. The maximum Gasteiger partial charge on any atom is 0.310 e. The van der Waals surface area contributed by atoms with Crippen molar-refractivity contribution in [3.05, 3.63) is 0 Å². The van der Waals surface area contributed by atoms with Crippen LogP contribution in [-0.2, 0) is 14.4 Å². The third-order valence-electron chi connectivity index (χ3n) is 13.5. The number of unbranched alkanes of at least 4 members (excludes halogenated alkanes) is 9. The number of hydrogen-bond donors (Lipinski definition) is 4. The minimum atomic E-state index is -1.20. The number of carbonyl (C=O) groups excluding carboxylic acids is 1. The van der Waals surface area contributed by atoms with Gasteiger partial charge in [0.15, 0.2) is 0 Å². The van der Waals surface area contributed by atoms with E-state index in [0.29, 0.717) is 6.42 Å². The molecule has 0 aromatic heterocycles. The Morgan fingerprint density at radius 1 is 0.604 bits per heavy atom. The molecule has 0 aromatic rings. The Labute approximate surface area is 326 Å². The van der Waals surface area contributed by atoms with Gasteiger partial charge in [-0.05, 0) is 144 Å². The van der Waals surface area contributed by atoms with E-state index in [1.54, 1.807) is 13.8 Å². The zero-order valence-electron chi connectivity index (χ0n) is 37.2. The molecule has 2 aliphatic rings. The molecule has 2 heterocycles. The summed E-state index contributed by atoms with van der Waals surface area (Å²) in [6.07, 6.45) is 18.8. The molecule has 4 N–H and O–H groups in total. The van der Waals surface area contributed by atoms with E-state index in [0.717, 1.165) is 57.8 Å². The normalized spacial score (nSPS) is 21.9. The minimum absolute atomic E-state index is 0.00186. The summed E-state index contributed by atoms with van der Waals surface area (Å²) in [6.45, 7) is 29.2. The molecule has 0 amide bonds. The number of carboxylic acid groups (broad SMARTS) is 2. The first-order valence-electron chi connectivity index (χ1n) is 21.7. The largest absolute Gasteiger partial charge is 0.481 e. The molecule has 0 bridgehead atoms. The zero-order valence-corrected chi connectivity index (χ0v) is 37.2. The van der Waals surface area contributed by atoms with Gasteiger partial charge in [-0.2, -0.15) is 0 Å². The maximum atomic E-state index is 14.6. The van der Waals surface area contributed by atoms with Crippen LogP contribution in [-0.4, -0.2) is 50.1 Å². The number of Topliss-reactive ketones (excluding diaryl/α,β-unsaturated/α-hetero) is 1. The second-order valence-electron chi connectivity index (χ2n) is 21.9. The highest BCUT2D eigenvalue weighted by Crippen LogP contribution is 2.59. The van der Waals surface area contributed by atoms with E-state index in [1.807, 2.05) is 13.8 Å². The van der Waals surface area contributed by atoms with Crippen LogP contribution in [0, 0.1) is 39.9 Å². The number of carboxylic acids is 2. The third-order valence-corrected chi connectivity index (χ3v) is 13.5. The number of aliphatic carboxylic acids is 2. The fourth-order valence-corrected chi connectivity index (χ4v) is 12.5. The number of hydrogen-bond acceptors (Lipinski definition) is 5. The van der Waals surface area contributed by atoms with Gasteiger partial charge in [-0.3, -0.25) is 14.4 Å². The minimum Gasteiger partial charge on any atom is -0.481 e. The molecule has 0 radical (unpaired) electrons. The Hall–Kier alpha value is -1.47. The lowest BCUT2D eigenvalue weighted by Gasteiger charge is -2.59. The quantitative estimate of drug-likeness (QED) is 0.0769. The lowest BCUT2D eigenvalue weighted by atomic mass is 9.48. The van der Waals surface area contributed by atoms with Gasteiger partial charge in [0.05, 0.1) is 10.8 Å². The summed E-state index contributed by atoms with van der Waals surface area (Å²) < 4.78 is 0. The van der Waals surface area contributed by atoms with Gasteiger partial charge in [0.25, 0.3) is 0 Å². The van der Waals surface area contributed by atoms with E-state index < -0.39 is 34.1 Å². The molecule has 2 saturated heterocycles. The average Bonchev–Trinajstić information content (AvgIpc) is 2.94. The van der Waals surface area contributed by atoms with E-state index in [9.17, 15) is 24.6 Å². The summed E-state index contributed by atoms with van der Waals surface area (Å²) >= 11 is 0. The molecule has 0 aliphatic carbocycles. The van der Waals surface area contributed by atoms with Gasteiger partial charge in [0, 0.05) is 28.1 Å². The maximum absolute atomic E-state index is 14.6. The lowest BCUT2D eigenvalue weighted by Crippen LogP contribution is -2.67. The summed E-state index contributed by atoms with van der Waals surface area (Å²) in [4.78, 5) is 40.1. The zero-order chi connectivity index (χ0) is 40.7. The van der Waals surface area contributed by atoms with Crippen molar-refractivity contribution in [1.29, 1.82) is 0 Å². The van der Waals surface area contributed by atoms with Crippen LogP contribution in [0.1, 0.15) is 213 Å². The summed E-state index contributed by atoms with van der Waals surface area (Å²) in [5.41, 5.74) is -3.49. The van der Waals surface area contributed by atoms with Gasteiger partial charge in [-0.1, -0.05) is 91.4 Å². The molecule has 0 spiro atoms. The summed E-state index contributed by atoms with van der Waals surface area (Å²) in [6, 6.07) is 0. The topological polar surface area (TPSA) is 116 Å². The Morgan fingerprint density at radius 2 is 0.962 bits per heavy atom. The van der Waals surface area contributed by atoms with Crippen LogP contribution in [0.3, 0.4) is 0 Å². The Balaban J connectivity index is 2.60. The highest BCUT2D eigenvalue weighted by atomic mass is 16.4. The number of ketones is 1. The second kappa shape index (κ2) is 18.6. The van der Waals surface area contributed by atoms with Crippen molar-refractivity contribution in [2.75, 3.05) is 0 Å². The number of rotatable bonds is 23. The van der Waals surface area contributed by atoms with Gasteiger partial charge in [-0.15, -0.1) is 0 Å². The first-order chi connectivity index (χ1) is 24.2. The fourth-order valence-electron chi connectivity index (χ4n) is 12.5. The molecule has 0 saturated carbocycles. The van der Waals surface area contributed by atoms with Crippen LogP contribution in [0.15, 0.2) is 0 Å². The van der Waals surface area contributed by atoms with E-state index >= 15 is 0 Å². The van der Waals surface area contributed by atoms with Crippen LogP contribution in [0.4, 0.5) is 0 Å². The predicted molar refractivity (Wildman–Crippen MR) is 221 cm³/mol. The number of piperidine rings is 2. The molecule has 7 nitrogen and oxygen atoms in total. The molecule has 2 atom stereocenters. The van der Waals surface area contributed by atoms with Crippen LogP contribution < -0.4 is 10.6 Å². The molecule has 2 aliphatic heterocycles. The lowest BCUT2D eigenvalue weighted by molar-refractivity contribution is -0.175. The molecule has 2 unspecified atom stereocenters. The Morgan fingerprint density at radius 3 is 1.30 bits per heavy atom. The second-order valence-corrected chi connectivity index (χ2v) is 21.9. The van der Waals surface area contributed by atoms with Gasteiger partial charge < -0.3 is 20.8 Å². The Kier molecular flexibility index (Phi) is 16.8. The fraction of sp³-hybridized carbons (Fsp3) is 0.935. The van der Waals surface area contributed by atoms with Crippen molar-refractivity contribution in [3.8, 4) is 0 Å². The van der Waals surface area contributed by atoms with Gasteiger partial charge >= 0.3 is 11.9 Å². The van der Waals surface area contributed by atoms with E-state index in [4.69, 9.17) is 0 Å². The monoisotopic (exact) mass is 747 g/mol. The van der Waals surface area contributed by atoms with E-state index in [2.05, 4.69) is 72.9 Å². The highest BCUT2D eigenvalue weighted by molar-refractivity contribution is 5.87. The van der Waals surface area contributed by atoms with Crippen molar-refractivity contribution >= 4 is 17.7 Å². The summed E-state index contributed by atoms with van der Waals surface area (Å²) in [5.74, 6) is -2.36. The molecule has 2 fully saturated rings. The van der Waals surface area contributed by atoms with E-state index in [-0.39, 0.29) is 45.7 Å². The Bertz CT molecular complexity index is 1130. The molecule has 7 heteroatoms. The molecular weight excluding hydrogens is 661 g/mol. The standard InChI is InChI=1S/C46H86N2O5/c1-15-16-17-18-19-20-21-22-23-24-26-34(27-25-28-40(3,4)37(33(2)49)45(13,14)38(50)51)46(39(52)53,35-29-41(5,6)47-42(7,8)30-35)36-31-43(9,10)48-44(11,12)32-36/h34-37,47-48H,15-32H2,1-14H3,(H,50,51)(H,52,53). The number of carbonyl (C=O) groups is 3. The van der Waals surface area contributed by atoms with Crippen LogP contribution in [0.5, 0.6) is 0 Å². The van der Waals surface area contributed by atoms with Crippen molar-refractivity contribution in [3.63, 3.8) is 0 Å². The third kappa shape index (κ3) is 13.0. The summed E-state index contributed by atoms with van der Waals surface area (Å²) in [7, 11) is 0. The van der Waals surface area contributed by atoms with Gasteiger partial charge in [0.2, 0.25) is 0 Å². The van der Waals surface area contributed by atoms with Crippen molar-refractivity contribution in [2.45, 2.75) is 235 Å². The van der Waals surface area contributed by atoms with E-state index in [1.165, 1.54) is 58.3 Å². The van der Waals surface area contributed by atoms with Crippen LogP contribution >= 0.6 is 0 Å². The molecular formula is C46H86N2O5. The van der Waals surface area contributed by atoms with Gasteiger partial charge in [-0.25, -0.2) is 0 Å². The highest BCUT2D eigenvalue weighted by Gasteiger charge is 2.61. The number of nitrogens with one attached hydrogen (secondary N) is 2. The summed E-state index contributed by atoms with van der Waals surface area (Å²) in [5, 5.41) is 29.9. The predicted octanol–water partition coefficient (Wildman–Crippen LogP) is 11.6. The molecule has 310 valence electrons. The molecule has 0 aromatic carbocycles. The van der Waals surface area contributed by atoms with Crippen molar-refractivity contribution < 1.29 is 24.6 Å². The molecule has 53 heavy (non-hydrogen) atoms. The smallest absolute Gasteiger partial charge is 0.310 e. The van der Waals surface area contributed by atoms with Crippen LogP contribution in [0.2, 0.25) is 0 Å². The first kappa shape index (κ1) is 47.7. The van der Waals surface area contributed by atoms with Gasteiger partial charge in [0.1, 0.15) is 5.78 Å². The average molecular weight is 747 g/mol. The van der Waals surface area contributed by atoms with Crippen molar-refractivity contribution in [2.24, 2.45) is 39.9 Å². The molecule has 2 rings (SSSR count). The van der Waals surface area contributed by atoms with Crippen LogP contribution in [0.25, 0.3) is 0 Å².